The molecule has 2 fully saturated rings. The van der Waals surface area contributed by atoms with E-state index in [4.69, 9.17) is 0 Å². The molecule has 0 bridgehead atoms. The molecule has 0 saturated heterocycles. The fourth-order valence-corrected chi connectivity index (χ4v) is 6.48. The molecule has 1 amide bonds. The fraction of sp³-hybridized carbons (Fsp3) is 0.448. The van der Waals surface area contributed by atoms with Crippen molar-refractivity contribution >= 4 is 17.2 Å². The van der Waals surface area contributed by atoms with Gasteiger partial charge in [-0.25, -0.2) is 4.98 Å². The highest BCUT2D eigenvalue weighted by Gasteiger charge is 2.48. The lowest BCUT2D eigenvalue weighted by molar-refractivity contribution is 0.102. The molecular formula is C29H35N7O. The minimum absolute atomic E-state index is 0.152. The highest BCUT2D eigenvalue weighted by molar-refractivity contribution is 6.08. The molecule has 2 aliphatic carbocycles. The number of carbonyl (C=O) groups excluding carboxylic acids is 1. The van der Waals surface area contributed by atoms with Gasteiger partial charge in [0.05, 0.1) is 11.0 Å². The van der Waals surface area contributed by atoms with E-state index in [1.807, 2.05) is 40.4 Å². The number of benzene rings is 1. The number of fused-ring (bicyclic) bond motifs is 1. The summed E-state index contributed by atoms with van der Waals surface area (Å²) in [6, 6.07) is 10.2. The summed E-state index contributed by atoms with van der Waals surface area (Å²) in [4.78, 5) is 18.0. The van der Waals surface area contributed by atoms with E-state index in [0.29, 0.717) is 17.1 Å². The van der Waals surface area contributed by atoms with E-state index < -0.39 is 0 Å². The lowest BCUT2D eigenvalue weighted by atomic mass is 9.58. The second-order valence-electron chi connectivity index (χ2n) is 11.1. The van der Waals surface area contributed by atoms with Gasteiger partial charge >= 0.3 is 0 Å². The van der Waals surface area contributed by atoms with Gasteiger partial charge in [-0.1, -0.05) is 31.9 Å². The minimum Gasteiger partial charge on any atom is -0.322 e. The summed E-state index contributed by atoms with van der Waals surface area (Å²) < 4.78 is 3.95. The maximum Gasteiger partial charge on any atom is 0.259 e. The van der Waals surface area contributed by atoms with Gasteiger partial charge in [-0.15, -0.1) is 10.2 Å². The first-order valence-electron chi connectivity index (χ1n) is 13.4. The summed E-state index contributed by atoms with van der Waals surface area (Å²) in [5.41, 5.74) is 4.08. The molecule has 37 heavy (non-hydrogen) atoms. The topological polar surface area (TPSA) is 89.1 Å². The quantitative estimate of drug-likeness (QED) is 0.368. The van der Waals surface area contributed by atoms with E-state index >= 15 is 0 Å². The van der Waals surface area contributed by atoms with Gasteiger partial charge in [-0.2, -0.15) is 0 Å². The first-order valence-corrected chi connectivity index (χ1v) is 13.4. The Bertz CT molecular complexity index is 1410. The van der Waals surface area contributed by atoms with Crippen molar-refractivity contribution in [1.29, 1.82) is 0 Å². The van der Waals surface area contributed by atoms with E-state index in [0.717, 1.165) is 54.5 Å². The van der Waals surface area contributed by atoms with Gasteiger partial charge in [0.15, 0.2) is 0 Å². The summed E-state index contributed by atoms with van der Waals surface area (Å²) in [7, 11) is 2.00. The van der Waals surface area contributed by atoms with Gasteiger partial charge in [-0.3, -0.25) is 4.79 Å². The normalized spacial score (nSPS) is 21.8. The van der Waals surface area contributed by atoms with Gasteiger partial charge < -0.3 is 19.6 Å². The molecule has 0 unspecified atom stereocenters. The van der Waals surface area contributed by atoms with E-state index in [9.17, 15) is 4.79 Å². The average Bonchev–Trinajstić information content (AvgIpc) is 3.64. The highest BCUT2D eigenvalue weighted by Crippen LogP contribution is 2.51. The third-order valence-electron chi connectivity index (χ3n) is 8.23. The average molecular weight is 498 g/mol. The largest absolute Gasteiger partial charge is 0.322 e. The van der Waals surface area contributed by atoms with E-state index in [1.54, 1.807) is 12.5 Å². The summed E-state index contributed by atoms with van der Waals surface area (Å²) in [5, 5.41) is 15.3. The van der Waals surface area contributed by atoms with Gasteiger partial charge in [0, 0.05) is 37.9 Å². The van der Waals surface area contributed by atoms with Crippen molar-refractivity contribution in [3.05, 3.63) is 77.8 Å². The van der Waals surface area contributed by atoms with Crippen molar-refractivity contribution < 1.29 is 4.79 Å². The molecule has 6 rings (SSSR count). The van der Waals surface area contributed by atoms with Crippen molar-refractivity contribution in [3.63, 3.8) is 0 Å². The molecule has 3 heterocycles. The predicted octanol–water partition coefficient (Wildman–Crippen LogP) is 4.71. The number of hydrogen-bond donors (Lipinski definition) is 2. The van der Waals surface area contributed by atoms with Gasteiger partial charge in [-0.05, 0) is 73.4 Å². The Morgan fingerprint density at radius 2 is 2.03 bits per heavy atom. The molecule has 2 saturated carbocycles. The molecule has 0 radical (unpaired) electrons. The number of hydrogen-bond acceptors (Lipinski definition) is 5. The number of amides is 1. The first kappa shape index (κ1) is 23.9. The van der Waals surface area contributed by atoms with E-state index in [-0.39, 0.29) is 11.3 Å². The van der Waals surface area contributed by atoms with Crippen LogP contribution in [0, 0.1) is 11.8 Å². The number of aromatic nitrogens is 5. The molecule has 192 valence electrons. The zero-order chi connectivity index (χ0) is 25.4. The van der Waals surface area contributed by atoms with Crippen LogP contribution in [0.1, 0.15) is 72.8 Å². The van der Waals surface area contributed by atoms with Crippen LogP contribution >= 0.6 is 0 Å². The van der Waals surface area contributed by atoms with Crippen LogP contribution < -0.4 is 10.6 Å². The van der Waals surface area contributed by atoms with Crippen molar-refractivity contribution in [2.45, 2.75) is 57.4 Å². The molecule has 1 aromatic carbocycles. The molecule has 0 spiro atoms. The summed E-state index contributed by atoms with van der Waals surface area (Å²) in [6.07, 6.45) is 14.8. The zero-order valence-corrected chi connectivity index (χ0v) is 21.7. The lowest BCUT2D eigenvalue weighted by Crippen LogP contribution is -2.43. The monoisotopic (exact) mass is 497 g/mol. The van der Waals surface area contributed by atoms with Crippen LogP contribution in [-0.4, -0.2) is 36.6 Å². The molecule has 8 heteroatoms. The molecule has 0 atom stereocenters. The Kier molecular flexibility index (Phi) is 6.28. The summed E-state index contributed by atoms with van der Waals surface area (Å²) >= 11 is 0. The van der Waals surface area contributed by atoms with Crippen LogP contribution in [0.25, 0.3) is 5.65 Å². The van der Waals surface area contributed by atoms with Gasteiger partial charge in [0.1, 0.15) is 17.8 Å². The maximum absolute atomic E-state index is 13.5. The fourth-order valence-electron chi connectivity index (χ4n) is 6.48. The van der Waals surface area contributed by atoms with Crippen LogP contribution in [0.15, 0.2) is 55.2 Å². The van der Waals surface area contributed by atoms with Crippen LogP contribution in [0.2, 0.25) is 0 Å². The summed E-state index contributed by atoms with van der Waals surface area (Å²) in [6.45, 7) is 4.03. The molecule has 2 aliphatic rings. The van der Waals surface area contributed by atoms with Crippen LogP contribution in [-0.2, 0) is 19.0 Å². The molecule has 3 aromatic heterocycles. The standard InChI is InChI=1S/C29H35N7O/c1-20-14-29(15-20,28-34-32-19-35(28)2)23-8-5-9-24(13-23)33-27(37)25-12-22(18-36-11-10-31-26(25)36)17-30-16-21-6-3-4-7-21/h5,8-13,18-21,30H,3-4,6-7,14-17H2,1-2H3,(H,33,37). The molecule has 2 N–H and O–H groups in total. The third-order valence-corrected chi connectivity index (χ3v) is 8.23. The number of aryl methyl sites for hydroxylation is 1. The second-order valence-corrected chi connectivity index (χ2v) is 11.1. The Morgan fingerprint density at radius 1 is 1.19 bits per heavy atom. The number of nitrogens with one attached hydrogen (secondary N) is 2. The molecule has 0 aliphatic heterocycles. The van der Waals surface area contributed by atoms with Crippen LogP contribution in [0.4, 0.5) is 5.69 Å². The maximum atomic E-state index is 13.5. The van der Waals surface area contributed by atoms with Crippen molar-refractivity contribution in [1.82, 2.24) is 29.5 Å². The summed E-state index contributed by atoms with van der Waals surface area (Å²) in [5.74, 6) is 2.22. The Balaban J connectivity index is 1.23. The van der Waals surface area contributed by atoms with E-state index in [1.165, 1.54) is 25.7 Å². The number of pyridine rings is 1. The number of imidazole rings is 1. The predicted molar refractivity (Wildman–Crippen MR) is 143 cm³/mol. The van der Waals surface area contributed by atoms with Crippen molar-refractivity contribution in [2.24, 2.45) is 18.9 Å². The number of nitrogens with zero attached hydrogens (tertiary/aromatic N) is 5. The molecule has 8 nitrogen and oxygen atoms in total. The third kappa shape index (κ3) is 4.55. The van der Waals surface area contributed by atoms with E-state index in [2.05, 4.69) is 51.1 Å². The van der Waals surface area contributed by atoms with Crippen LogP contribution in [0.5, 0.6) is 0 Å². The Morgan fingerprint density at radius 3 is 2.78 bits per heavy atom. The molecular weight excluding hydrogens is 462 g/mol. The van der Waals surface area contributed by atoms with Gasteiger partial charge in [0.25, 0.3) is 5.91 Å². The highest BCUT2D eigenvalue weighted by atomic mass is 16.1. The van der Waals surface area contributed by atoms with Gasteiger partial charge in [0.2, 0.25) is 0 Å². The number of carbonyl (C=O) groups is 1. The molecule has 4 aromatic rings. The Labute approximate surface area is 217 Å². The number of anilines is 1. The van der Waals surface area contributed by atoms with Crippen LogP contribution in [0.3, 0.4) is 0 Å². The number of rotatable bonds is 8. The smallest absolute Gasteiger partial charge is 0.259 e. The second kappa shape index (κ2) is 9.74. The van der Waals surface area contributed by atoms with Crippen molar-refractivity contribution in [2.75, 3.05) is 11.9 Å². The van der Waals surface area contributed by atoms with Crippen molar-refractivity contribution in [3.8, 4) is 0 Å². The Hall–Kier alpha value is -3.52. The lowest BCUT2D eigenvalue weighted by Gasteiger charge is -2.46. The first-order chi connectivity index (χ1) is 18.0. The zero-order valence-electron chi connectivity index (χ0n) is 21.7. The SMILES string of the molecule is CC1CC(c2cccc(NC(=O)c3cc(CNCC4CCCC4)cn4ccnc34)c2)(c2nncn2C)C1. The minimum atomic E-state index is -0.174.